The maximum atomic E-state index is 5.17. The van der Waals surface area contributed by atoms with Gasteiger partial charge in [0.15, 0.2) is 11.6 Å². The smallest absolute Gasteiger partial charge is 0.161 e. The number of rotatable bonds is 4. The van der Waals surface area contributed by atoms with Crippen molar-refractivity contribution in [2.75, 3.05) is 0 Å². The Morgan fingerprint density at radius 3 is 1.66 bits per heavy atom. The van der Waals surface area contributed by atoms with E-state index in [0.29, 0.717) is 5.82 Å². The Kier molecular flexibility index (Phi) is 5.82. The summed E-state index contributed by atoms with van der Waals surface area (Å²) in [7, 11) is 0. The number of nitrogens with zero attached hydrogens (tertiary/aromatic N) is 4. The molecule has 9 aromatic rings. The quantitative estimate of drug-likeness (QED) is 0.202. The second-order valence-corrected chi connectivity index (χ2v) is 12.7. The molecule has 0 atom stereocenters. The summed E-state index contributed by atoms with van der Waals surface area (Å²) in [6.45, 7) is 0. The third kappa shape index (κ3) is 4.11. The molecule has 0 radical (unpaired) electrons. The molecule has 4 nitrogen and oxygen atoms in total. The lowest BCUT2D eigenvalue weighted by Gasteiger charge is -2.09. The van der Waals surface area contributed by atoms with Crippen molar-refractivity contribution in [1.29, 1.82) is 0 Å². The van der Waals surface area contributed by atoms with Crippen LogP contribution in [0.3, 0.4) is 0 Å². The van der Waals surface area contributed by atoms with E-state index in [-0.39, 0.29) is 0 Å². The highest BCUT2D eigenvalue weighted by atomic mass is 32.1. The average molecular weight is 599 g/mol. The highest BCUT2D eigenvalue weighted by Gasteiger charge is 2.19. The SMILES string of the molecule is c1ccc(-c2nc(-c3ccc(-c4nc(-c5ccccc5)c5c(n4)sc4ccccc45)cc3)c3sc4ccccc4c3n2)cc1. The van der Waals surface area contributed by atoms with Crippen LogP contribution in [0.15, 0.2) is 133 Å². The van der Waals surface area contributed by atoms with Crippen LogP contribution in [0.2, 0.25) is 0 Å². The molecule has 0 aliphatic rings. The summed E-state index contributed by atoms with van der Waals surface area (Å²) in [6, 6.07) is 46.0. The van der Waals surface area contributed by atoms with Crippen LogP contribution in [0.25, 0.3) is 85.9 Å². The fraction of sp³-hybridized carbons (Fsp3) is 0. The number of hydrogen-bond donors (Lipinski definition) is 0. The molecule has 206 valence electrons. The van der Waals surface area contributed by atoms with Crippen LogP contribution in [-0.2, 0) is 0 Å². The minimum atomic E-state index is 0.717. The van der Waals surface area contributed by atoms with Gasteiger partial charge in [-0.15, -0.1) is 22.7 Å². The van der Waals surface area contributed by atoms with Gasteiger partial charge in [0.05, 0.1) is 21.6 Å². The van der Waals surface area contributed by atoms with Crippen molar-refractivity contribution in [3.8, 4) is 45.3 Å². The Balaban J connectivity index is 1.21. The van der Waals surface area contributed by atoms with Gasteiger partial charge >= 0.3 is 0 Å². The molecule has 6 heteroatoms. The van der Waals surface area contributed by atoms with E-state index in [4.69, 9.17) is 19.9 Å². The molecule has 0 amide bonds. The molecule has 44 heavy (non-hydrogen) atoms. The summed E-state index contributed by atoms with van der Waals surface area (Å²) in [5.41, 5.74) is 6.98. The monoisotopic (exact) mass is 598 g/mol. The van der Waals surface area contributed by atoms with Gasteiger partial charge in [-0.1, -0.05) is 121 Å². The minimum absolute atomic E-state index is 0.717. The van der Waals surface area contributed by atoms with Crippen LogP contribution in [0, 0.1) is 0 Å². The van der Waals surface area contributed by atoms with Crippen LogP contribution in [0.4, 0.5) is 0 Å². The van der Waals surface area contributed by atoms with Crippen LogP contribution in [0.5, 0.6) is 0 Å². The van der Waals surface area contributed by atoms with Gasteiger partial charge in [-0.3, -0.25) is 0 Å². The lowest BCUT2D eigenvalue weighted by Crippen LogP contribution is -1.95. The zero-order valence-corrected chi connectivity index (χ0v) is 24.9. The molecule has 4 aromatic heterocycles. The molecule has 0 aliphatic carbocycles. The lowest BCUT2D eigenvalue weighted by molar-refractivity contribution is 1.23. The van der Waals surface area contributed by atoms with Gasteiger partial charge in [0, 0.05) is 47.8 Å². The topological polar surface area (TPSA) is 51.6 Å². The van der Waals surface area contributed by atoms with Gasteiger partial charge in [0.2, 0.25) is 0 Å². The molecule has 0 unspecified atom stereocenters. The number of fused-ring (bicyclic) bond motifs is 6. The Morgan fingerprint density at radius 1 is 0.386 bits per heavy atom. The van der Waals surface area contributed by atoms with Crippen molar-refractivity contribution in [1.82, 2.24) is 19.9 Å². The molecule has 0 bridgehead atoms. The molecular formula is C38H22N4S2. The van der Waals surface area contributed by atoms with E-state index < -0.39 is 0 Å². The number of benzene rings is 5. The van der Waals surface area contributed by atoms with Crippen molar-refractivity contribution in [3.63, 3.8) is 0 Å². The standard InChI is InChI=1S/C38H22N4S2/c1-3-11-23(12-4-1)32-31-27-15-7-9-17-29(27)44-38(31)42-37(39-32)26-21-19-24(20-22-26)33-35-34(28-16-8-10-18-30(28)43-35)41-36(40-33)25-13-5-2-6-14-25/h1-22H. The Morgan fingerprint density at radius 2 is 0.909 bits per heavy atom. The molecule has 0 aliphatic heterocycles. The highest BCUT2D eigenvalue weighted by molar-refractivity contribution is 7.26. The highest BCUT2D eigenvalue weighted by Crippen LogP contribution is 2.41. The lowest BCUT2D eigenvalue weighted by atomic mass is 10.0. The third-order valence-electron chi connectivity index (χ3n) is 7.95. The summed E-state index contributed by atoms with van der Waals surface area (Å²) in [6.07, 6.45) is 0. The van der Waals surface area contributed by atoms with E-state index in [1.165, 1.54) is 14.8 Å². The molecule has 5 aromatic carbocycles. The van der Waals surface area contributed by atoms with Gasteiger partial charge in [-0.05, 0) is 12.1 Å². The second-order valence-electron chi connectivity index (χ2n) is 10.7. The van der Waals surface area contributed by atoms with Gasteiger partial charge in [0.25, 0.3) is 0 Å². The van der Waals surface area contributed by atoms with E-state index in [1.807, 2.05) is 24.3 Å². The van der Waals surface area contributed by atoms with Gasteiger partial charge < -0.3 is 0 Å². The van der Waals surface area contributed by atoms with Crippen LogP contribution >= 0.6 is 22.7 Å². The summed E-state index contributed by atoms with van der Waals surface area (Å²) in [4.78, 5) is 21.4. The first-order valence-electron chi connectivity index (χ1n) is 14.4. The van der Waals surface area contributed by atoms with E-state index in [0.717, 1.165) is 65.3 Å². The maximum absolute atomic E-state index is 5.17. The van der Waals surface area contributed by atoms with Crippen molar-refractivity contribution < 1.29 is 0 Å². The Labute approximate surface area is 261 Å². The first kappa shape index (κ1) is 25.2. The molecule has 4 heterocycles. The van der Waals surface area contributed by atoms with E-state index in [1.54, 1.807) is 22.7 Å². The van der Waals surface area contributed by atoms with Crippen molar-refractivity contribution in [3.05, 3.63) is 133 Å². The number of thiophene rings is 2. The Hall–Kier alpha value is -5.30. The van der Waals surface area contributed by atoms with Gasteiger partial charge in [-0.2, -0.15) is 0 Å². The van der Waals surface area contributed by atoms with Crippen LogP contribution < -0.4 is 0 Å². The summed E-state index contributed by atoms with van der Waals surface area (Å²) < 4.78 is 3.51. The van der Waals surface area contributed by atoms with Gasteiger partial charge in [0.1, 0.15) is 4.83 Å². The fourth-order valence-electron chi connectivity index (χ4n) is 5.84. The van der Waals surface area contributed by atoms with E-state index >= 15 is 0 Å². The summed E-state index contributed by atoms with van der Waals surface area (Å²) >= 11 is 3.46. The summed E-state index contributed by atoms with van der Waals surface area (Å²) in [5, 5.41) is 3.46. The average Bonchev–Trinajstić information content (AvgIpc) is 3.67. The second kappa shape index (κ2) is 10.2. The zero-order chi connectivity index (χ0) is 29.0. The normalized spacial score (nSPS) is 11.6. The molecule has 0 fully saturated rings. The molecule has 0 saturated carbocycles. The van der Waals surface area contributed by atoms with Crippen molar-refractivity contribution >= 4 is 63.3 Å². The zero-order valence-electron chi connectivity index (χ0n) is 23.3. The summed E-state index contributed by atoms with van der Waals surface area (Å²) in [5.74, 6) is 1.45. The predicted molar refractivity (Wildman–Crippen MR) is 185 cm³/mol. The molecule has 0 N–H and O–H groups in total. The molecule has 9 rings (SSSR count). The first-order valence-corrected chi connectivity index (χ1v) is 16.0. The largest absolute Gasteiger partial charge is 0.227 e. The maximum Gasteiger partial charge on any atom is 0.161 e. The minimum Gasteiger partial charge on any atom is -0.227 e. The molecule has 0 saturated heterocycles. The van der Waals surface area contributed by atoms with E-state index in [9.17, 15) is 0 Å². The van der Waals surface area contributed by atoms with Gasteiger partial charge in [-0.25, -0.2) is 19.9 Å². The van der Waals surface area contributed by atoms with Crippen molar-refractivity contribution in [2.24, 2.45) is 0 Å². The third-order valence-corrected chi connectivity index (χ3v) is 10.2. The van der Waals surface area contributed by atoms with Crippen molar-refractivity contribution in [2.45, 2.75) is 0 Å². The van der Waals surface area contributed by atoms with Crippen LogP contribution in [-0.4, -0.2) is 19.9 Å². The molecule has 0 spiro atoms. The first-order chi connectivity index (χ1) is 21.8. The fourth-order valence-corrected chi connectivity index (χ4v) is 8.07. The predicted octanol–water partition coefficient (Wildman–Crippen LogP) is 10.7. The van der Waals surface area contributed by atoms with Crippen LogP contribution in [0.1, 0.15) is 0 Å². The molecular weight excluding hydrogens is 577 g/mol. The van der Waals surface area contributed by atoms with E-state index in [2.05, 4.69) is 109 Å². The number of hydrogen-bond acceptors (Lipinski definition) is 6. The Bertz CT molecular complexity index is 2480. The number of aromatic nitrogens is 4.